The van der Waals surface area contributed by atoms with Crippen molar-refractivity contribution in [2.75, 3.05) is 0 Å². The number of rotatable bonds is 2. The first kappa shape index (κ1) is 15.0. The molecule has 1 unspecified atom stereocenters. The van der Waals surface area contributed by atoms with E-state index in [0.717, 1.165) is 27.4 Å². The van der Waals surface area contributed by atoms with Crippen molar-refractivity contribution >= 4 is 39.4 Å². The molecule has 98 valence electrons. The number of aromatic amines is 1. The molecule has 1 aromatic heterocycles. The summed E-state index contributed by atoms with van der Waals surface area (Å²) in [5.74, 6) is -1.34. The number of nitrogens with one attached hydrogen (secondary N) is 1. The van der Waals surface area contributed by atoms with Crippen molar-refractivity contribution in [1.29, 1.82) is 0 Å². The van der Waals surface area contributed by atoms with Gasteiger partial charge in [-0.3, -0.25) is 4.79 Å². The van der Waals surface area contributed by atoms with Gasteiger partial charge in [-0.1, -0.05) is 23.7 Å². The standard InChI is InChI=1S/C15H12ClNO2.Zn/c1-8(15(18)19)9-2-4-11-12-7-10(16)3-5-13(12)17-14(11)6-9;/h2-8,17H,1H3,(H,18,19);. The van der Waals surface area contributed by atoms with E-state index >= 15 is 0 Å². The summed E-state index contributed by atoms with van der Waals surface area (Å²) in [5.41, 5.74) is 2.72. The minimum Gasteiger partial charge on any atom is -0.481 e. The molecule has 3 nitrogen and oxygen atoms in total. The van der Waals surface area contributed by atoms with Gasteiger partial charge in [0.05, 0.1) is 5.92 Å². The number of H-pyrrole nitrogens is 1. The van der Waals surface area contributed by atoms with Gasteiger partial charge < -0.3 is 10.1 Å². The molecule has 0 radical (unpaired) electrons. The van der Waals surface area contributed by atoms with Crippen LogP contribution in [-0.2, 0) is 24.3 Å². The summed E-state index contributed by atoms with van der Waals surface area (Å²) >= 11 is 6.01. The maximum Gasteiger partial charge on any atom is 0.310 e. The van der Waals surface area contributed by atoms with Crippen LogP contribution in [0.3, 0.4) is 0 Å². The monoisotopic (exact) mass is 337 g/mol. The van der Waals surface area contributed by atoms with E-state index in [1.54, 1.807) is 6.92 Å². The summed E-state index contributed by atoms with van der Waals surface area (Å²) in [5, 5.41) is 11.9. The fraction of sp³-hybridized carbons (Fsp3) is 0.133. The third-order valence-corrected chi connectivity index (χ3v) is 3.69. The average molecular weight is 339 g/mol. The van der Waals surface area contributed by atoms with E-state index in [0.29, 0.717) is 5.02 Å². The van der Waals surface area contributed by atoms with Gasteiger partial charge >= 0.3 is 5.97 Å². The van der Waals surface area contributed by atoms with Crippen LogP contribution in [-0.4, -0.2) is 16.1 Å². The Balaban J connectivity index is 0.00000147. The Labute approximate surface area is 133 Å². The molecule has 0 fully saturated rings. The zero-order chi connectivity index (χ0) is 13.6. The van der Waals surface area contributed by atoms with Crippen molar-refractivity contribution < 1.29 is 29.4 Å². The fourth-order valence-corrected chi connectivity index (χ4v) is 2.48. The summed E-state index contributed by atoms with van der Waals surface area (Å²) in [6, 6.07) is 11.4. The number of carboxylic acids is 1. The van der Waals surface area contributed by atoms with Gasteiger partial charge in [-0.15, -0.1) is 0 Å². The molecule has 20 heavy (non-hydrogen) atoms. The third kappa shape index (κ3) is 2.46. The van der Waals surface area contributed by atoms with E-state index in [1.165, 1.54) is 0 Å². The molecule has 2 aromatic carbocycles. The molecule has 0 amide bonds. The van der Waals surface area contributed by atoms with Crippen molar-refractivity contribution in [3.8, 4) is 0 Å². The molecule has 2 N–H and O–H groups in total. The van der Waals surface area contributed by atoms with Crippen molar-refractivity contribution in [1.82, 2.24) is 4.98 Å². The SMILES string of the molecule is CC(C(=O)O)c1ccc2c(c1)[nH]c1ccc(Cl)cc12.[Zn]. The Morgan fingerprint density at radius 1 is 1.15 bits per heavy atom. The molecule has 0 saturated carbocycles. The zero-order valence-corrected chi connectivity index (χ0v) is 14.7. The van der Waals surface area contributed by atoms with Crippen LogP contribution < -0.4 is 0 Å². The number of benzene rings is 2. The molecule has 0 aliphatic heterocycles. The second-order valence-electron chi connectivity index (χ2n) is 4.68. The number of aliphatic carboxylic acids is 1. The first-order valence-corrected chi connectivity index (χ1v) is 6.38. The van der Waals surface area contributed by atoms with E-state index in [1.807, 2.05) is 36.4 Å². The topological polar surface area (TPSA) is 53.1 Å². The fourth-order valence-electron chi connectivity index (χ4n) is 2.31. The minimum atomic E-state index is -0.821. The van der Waals surface area contributed by atoms with E-state index in [9.17, 15) is 4.79 Å². The second kappa shape index (κ2) is 5.55. The van der Waals surface area contributed by atoms with E-state index < -0.39 is 11.9 Å². The smallest absolute Gasteiger partial charge is 0.310 e. The number of hydrogen-bond donors (Lipinski definition) is 2. The Morgan fingerprint density at radius 2 is 1.90 bits per heavy atom. The number of hydrogen-bond acceptors (Lipinski definition) is 1. The van der Waals surface area contributed by atoms with Crippen LogP contribution in [0.2, 0.25) is 5.02 Å². The normalized spacial score (nSPS) is 12.3. The Bertz CT molecular complexity index is 797. The summed E-state index contributed by atoms with van der Waals surface area (Å²) in [6.07, 6.45) is 0. The van der Waals surface area contributed by atoms with Gasteiger partial charge in [-0.05, 0) is 36.8 Å². The molecule has 0 bridgehead atoms. The van der Waals surface area contributed by atoms with Crippen LogP contribution in [0.1, 0.15) is 18.4 Å². The second-order valence-corrected chi connectivity index (χ2v) is 5.12. The Morgan fingerprint density at radius 3 is 2.60 bits per heavy atom. The predicted molar refractivity (Wildman–Crippen MR) is 76.9 cm³/mol. The average Bonchev–Trinajstić information content (AvgIpc) is 2.74. The van der Waals surface area contributed by atoms with Crippen LogP contribution in [0.4, 0.5) is 0 Å². The van der Waals surface area contributed by atoms with Gasteiger partial charge in [0.1, 0.15) is 0 Å². The molecular weight excluding hydrogens is 327 g/mol. The quantitative estimate of drug-likeness (QED) is 0.689. The first-order chi connectivity index (χ1) is 9.06. The first-order valence-electron chi connectivity index (χ1n) is 6.00. The largest absolute Gasteiger partial charge is 0.481 e. The Hall–Kier alpha value is -1.38. The summed E-state index contributed by atoms with van der Waals surface area (Å²) in [7, 11) is 0. The minimum absolute atomic E-state index is 0. The number of aromatic nitrogens is 1. The van der Waals surface area contributed by atoms with Crippen LogP contribution in [0.25, 0.3) is 21.8 Å². The number of fused-ring (bicyclic) bond motifs is 3. The molecule has 0 spiro atoms. The van der Waals surface area contributed by atoms with Crippen LogP contribution >= 0.6 is 11.6 Å². The maximum absolute atomic E-state index is 11.0. The third-order valence-electron chi connectivity index (χ3n) is 3.46. The van der Waals surface area contributed by atoms with Crippen molar-refractivity contribution in [3.63, 3.8) is 0 Å². The van der Waals surface area contributed by atoms with Crippen LogP contribution in [0, 0.1) is 0 Å². The molecule has 1 heterocycles. The van der Waals surface area contributed by atoms with Crippen molar-refractivity contribution in [2.24, 2.45) is 0 Å². The number of carbonyl (C=O) groups is 1. The Kier molecular flexibility index (Phi) is 4.17. The van der Waals surface area contributed by atoms with E-state index in [4.69, 9.17) is 16.7 Å². The molecule has 0 saturated heterocycles. The molecule has 0 aliphatic rings. The van der Waals surface area contributed by atoms with Gasteiger partial charge in [0.15, 0.2) is 0 Å². The van der Waals surface area contributed by atoms with Gasteiger partial charge in [0.2, 0.25) is 0 Å². The molecule has 3 aromatic rings. The molecule has 5 heteroatoms. The van der Waals surface area contributed by atoms with E-state index in [2.05, 4.69) is 4.98 Å². The zero-order valence-electron chi connectivity index (χ0n) is 11.0. The van der Waals surface area contributed by atoms with Gasteiger partial charge in [0, 0.05) is 46.3 Å². The summed E-state index contributed by atoms with van der Waals surface area (Å²) in [4.78, 5) is 14.3. The molecule has 1 atom stereocenters. The number of halogens is 1. The van der Waals surface area contributed by atoms with E-state index in [-0.39, 0.29) is 19.5 Å². The van der Waals surface area contributed by atoms with Crippen molar-refractivity contribution in [3.05, 3.63) is 47.0 Å². The number of carboxylic acid groups (broad SMARTS) is 1. The van der Waals surface area contributed by atoms with Crippen LogP contribution in [0.5, 0.6) is 0 Å². The van der Waals surface area contributed by atoms with Gasteiger partial charge in [-0.25, -0.2) is 0 Å². The summed E-state index contributed by atoms with van der Waals surface area (Å²) in [6.45, 7) is 1.68. The maximum atomic E-state index is 11.0. The van der Waals surface area contributed by atoms with Crippen molar-refractivity contribution in [2.45, 2.75) is 12.8 Å². The molecular formula is C15H12ClNO2Zn. The predicted octanol–water partition coefficient (Wildman–Crippen LogP) is 4.16. The summed E-state index contributed by atoms with van der Waals surface area (Å²) < 4.78 is 0. The van der Waals surface area contributed by atoms with Gasteiger partial charge in [0.25, 0.3) is 0 Å². The molecule has 3 rings (SSSR count). The van der Waals surface area contributed by atoms with Crippen LogP contribution in [0.15, 0.2) is 36.4 Å². The molecule has 0 aliphatic carbocycles. The van der Waals surface area contributed by atoms with Gasteiger partial charge in [-0.2, -0.15) is 0 Å².